The smallest absolute Gasteiger partial charge is 0.175 e. The van der Waals surface area contributed by atoms with Crippen molar-refractivity contribution in [2.45, 2.75) is 30.3 Å². The predicted molar refractivity (Wildman–Crippen MR) is 147 cm³/mol. The van der Waals surface area contributed by atoms with Gasteiger partial charge >= 0.3 is 0 Å². The summed E-state index contributed by atoms with van der Waals surface area (Å²) >= 11 is 0. The molecule has 1 fully saturated rings. The molecule has 5 rings (SSSR count). The van der Waals surface area contributed by atoms with Gasteiger partial charge in [-0.25, -0.2) is 8.42 Å². The van der Waals surface area contributed by atoms with Crippen molar-refractivity contribution < 1.29 is 8.42 Å². The summed E-state index contributed by atoms with van der Waals surface area (Å²) in [7, 11) is 3.17. The summed E-state index contributed by atoms with van der Waals surface area (Å²) in [6.07, 6.45) is 5.62. The van der Waals surface area contributed by atoms with Crippen LogP contribution in [0.25, 0.3) is 33.4 Å². The zero-order valence-corrected chi connectivity index (χ0v) is 22.3. The number of aryl methyl sites for hydroxylation is 1. The van der Waals surface area contributed by atoms with E-state index in [9.17, 15) is 8.42 Å². The first-order valence-corrected chi connectivity index (χ1v) is 14.3. The molecular weight excluding hydrogens is 468 g/mol. The molecule has 188 valence electrons. The maximum atomic E-state index is 11.8. The SMILES string of the molecule is CN(C)C1CCN(Cc2ccc(-c3cnc4cc(-c5ccc(S(C)(=O)=O)cc5)n(C)c4c3)cc2)CC1. The van der Waals surface area contributed by atoms with Gasteiger partial charge in [0.25, 0.3) is 0 Å². The normalized spacial score (nSPS) is 15.7. The Labute approximate surface area is 214 Å². The number of likely N-dealkylation sites (tertiary alicyclic amines) is 1. The maximum absolute atomic E-state index is 11.8. The van der Waals surface area contributed by atoms with E-state index in [1.54, 1.807) is 12.1 Å². The Kier molecular flexibility index (Phi) is 6.72. The highest BCUT2D eigenvalue weighted by Gasteiger charge is 2.20. The van der Waals surface area contributed by atoms with Crippen LogP contribution in [0.4, 0.5) is 0 Å². The number of nitrogens with zero attached hydrogens (tertiary/aromatic N) is 4. The Bertz CT molecular complexity index is 1460. The number of hydrogen-bond acceptors (Lipinski definition) is 5. The van der Waals surface area contributed by atoms with E-state index in [1.807, 2.05) is 25.4 Å². The number of hydrogen-bond donors (Lipinski definition) is 0. The summed E-state index contributed by atoms with van der Waals surface area (Å²) in [6.45, 7) is 3.30. The molecule has 4 aromatic rings. The summed E-state index contributed by atoms with van der Waals surface area (Å²) in [6, 6.07) is 20.8. The Morgan fingerprint density at radius 3 is 2.17 bits per heavy atom. The third-order valence-electron chi connectivity index (χ3n) is 7.45. The van der Waals surface area contributed by atoms with Crippen LogP contribution >= 0.6 is 0 Å². The highest BCUT2D eigenvalue weighted by atomic mass is 32.2. The van der Waals surface area contributed by atoms with Gasteiger partial charge in [0.2, 0.25) is 0 Å². The van der Waals surface area contributed by atoms with Crippen molar-refractivity contribution in [3.63, 3.8) is 0 Å². The molecule has 0 radical (unpaired) electrons. The summed E-state index contributed by atoms with van der Waals surface area (Å²) in [4.78, 5) is 9.96. The molecule has 0 spiro atoms. The van der Waals surface area contributed by atoms with Crippen LogP contribution in [0.2, 0.25) is 0 Å². The van der Waals surface area contributed by atoms with Gasteiger partial charge in [-0.15, -0.1) is 0 Å². The molecule has 0 amide bonds. The van der Waals surface area contributed by atoms with E-state index in [4.69, 9.17) is 4.98 Å². The monoisotopic (exact) mass is 502 g/mol. The Balaban J connectivity index is 1.33. The van der Waals surface area contributed by atoms with E-state index in [-0.39, 0.29) is 0 Å². The van der Waals surface area contributed by atoms with Crippen molar-refractivity contribution in [2.24, 2.45) is 7.05 Å². The number of sulfone groups is 1. The molecule has 2 aromatic heterocycles. The standard InChI is InChI=1S/C29H34N4O2S/c1-31(2)25-13-15-33(16-14-25)20-21-5-7-22(8-6-21)24-17-29-27(30-19-24)18-28(32(29)3)23-9-11-26(12-10-23)36(4,34)35/h5-12,17-19,25H,13-16,20H2,1-4H3. The second kappa shape index (κ2) is 9.81. The minimum absolute atomic E-state index is 0.326. The summed E-state index contributed by atoms with van der Waals surface area (Å²) in [5.41, 5.74) is 7.51. The molecule has 1 saturated heterocycles. The van der Waals surface area contributed by atoms with Crippen LogP contribution in [0.5, 0.6) is 0 Å². The maximum Gasteiger partial charge on any atom is 0.175 e. The quantitative estimate of drug-likeness (QED) is 0.378. The minimum atomic E-state index is -3.21. The van der Waals surface area contributed by atoms with Gasteiger partial charge in [0.1, 0.15) is 0 Å². The van der Waals surface area contributed by atoms with Crippen LogP contribution < -0.4 is 0 Å². The molecule has 7 heteroatoms. The Morgan fingerprint density at radius 1 is 0.917 bits per heavy atom. The first-order chi connectivity index (χ1) is 17.2. The number of piperidine rings is 1. The largest absolute Gasteiger partial charge is 0.342 e. The molecule has 0 unspecified atom stereocenters. The fourth-order valence-electron chi connectivity index (χ4n) is 5.16. The average molecular weight is 503 g/mol. The first-order valence-electron chi connectivity index (χ1n) is 12.4. The number of fused-ring (bicyclic) bond motifs is 1. The molecule has 3 heterocycles. The molecule has 0 atom stereocenters. The number of pyridine rings is 1. The van der Waals surface area contributed by atoms with E-state index < -0.39 is 9.84 Å². The molecule has 0 N–H and O–H groups in total. The van der Waals surface area contributed by atoms with Gasteiger partial charge in [-0.1, -0.05) is 36.4 Å². The number of rotatable bonds is 6. The van der Waals surface area contributed by atoms with Crippen molar-refractivity contribution in [1.29, 1.82) is 0 Å². The lowest BCUT2D eigenvalue weighted by Crippen LogP contribution is -2.41. The second-order valence-corrected chi connectivity index (χ2v) is 12.2. The highest BCUT2D eigenvalue weighted by molar-refractivity contribution is 7.90. The van der Waals surface area contributed by atoms with Gasteiger partial charge in [-0.05, 0) is 81.0 Å². The van der Waals surface area contributed by atoms with Crippen LogP contribution in [-0.2, 0) is 23.4 Å². The summed E-state index contributed by atoms with van der Waals surface area (Å²) in [5.74, 6) is 0. The highest BCUT2D eigenvalue weighted by Crippen LogP contribution is 2.30. The van der Waals surface area contributed by atoms with Crippen molar-refractivity contribution in [2.75, 3.05) is 33.4 Å². The average Bonchev–Trinajstić information content (AvgIpc) is 3.20. The Morgan fingerprint density at radius 2 is 1.56 bits per heavy atom. The lowest BCUT2D eigenvalue weighted by atomic mass is 10.0. The molecule has 0 saturated carbocycles. The Hall–Kier alpha value is -3.00. The first kappa shape index (κ1) is 24.7. The van der Waals surface area contributed by atoms with Crippen LogP contribution in [0.1, 0.15) is 18.4 Å². The fourth-order valence-corrected chi connectivity index (χ4v) is 5.79. The fraction of sp³-hybridized carbons (Fsp3) is 0.345. The molecule has 1 aliphatic rings. The van der Waals surface area contributed by atoms with Crippen LogP contribution in [0.3, 0.4) is 0 Å². The summed E-state index contributed by atoms with van der Waals surface area (Å²) < 4.78 is 25.7. The molecule has 36 heavy (non-hydrogen) atoms. The van der Waals surface area contributed by atoms with Gasteiger partial charge in [-0.2, -0.15) is 0 Å². The van der Waals surface area contributed by atoms with Crippen LogP contribution in [0, 0.1) is 0 Å². The molecular formula is C29H34N4O2S. The second-order valence-electron chi connectivity index (χ2n) is 10.2. The van der Waals surface area contributed by atoms with E-state index >= 15 is 0 Å². The van der Waals surface area contributed by atoms with Gasteiger partial charge < -0.3 is 9.47 Å². The van der Waals surface area contributed by atoms with E-state index in [0.717, 1.165) is 53.1 Å². The third kappa shape index (κ3) is 5.09. The molecule has 2 aromatic carbocycles. The number of aromatic nitrogens is 2. The van der Waals surface area contributed by atoms with Gasteiger partial charge in [0.15, 0.2) is 9.84 Å². The van der Waals surface area contributed by atoms with Crippen molar-refractivity contribution >= 4 is 20.9 Å². The van der Waals surface area contributed by atoms with Crippen LogP contribution in [0.15, 0.2) is 71.8 Å². The van der Waals surface area contributed by atoms with Gasteiger partial charge in [0, 0.05) is 37.7 Å². The zero-order valence-electron chi connectivity index (χ0n) is 21.5. The lowest BCUT2D eigenvalue weighted by molar-refractivity contribution is 0.140. The minimum Gasteiger partial charge on any atom is -0.342 e. The number of benzene rings is 2. The van der Waals surface area contributed by atoms with Gasteiger partial charge in [0.05, 0.1) is 21.6 Å². The zero-order chi connectivity index (χ0) is 25.4. The molecule has 0 bridgehead atoms. The third-order valence-corrected chi connectivity index (χ3v) is 8.58. The topological polar surface area (TPSA) is 58.4 Å². The molecule has 0 aliphatic carbocycles. The van der Waals surface area contributed by atoms with Crippen molar-refractivity contribution in [1.82, 2.24) is 19.4 Å². The van der Waals surface area contributed by atoms with Crippen LogP contribution in [-0.4, -0.2) is 67.3 Å². The molecule has 6 nitrogen and oxygen atoms in total. The van der Waals surface area contributed by atoms with E-state index in [1.165, 1.54) is 24.7 Å². The van der Waals surface area contributed by atoms with E-state index in [0.29, 0.717) is 10.9 Å². The predicted octanol–water partition coefficient (Wildman–Crippen LogP) is 4.84. The molecule has 1 aliphatic heterocycles. The summed E-state index contributed by atoms with van der Waals surface area (Å²) in [5, 5.41) is 0. The van der Waals surface area contributed by atoms with E-state index in [2.05, 4.69) is 64.9 Å². The lowest BCUT2D eigenvalue weighted by Gasteiger charge is -2.35. The van der Waals surface area contributed by atoms with Crippen molar-refractivity contribution in [3.8, 4) is 22.4 Å². The van der Waals surface area contributed by atoms with Crippen molar-refractivity contribution in [3.05, 3.63) is 72.4 Å². The van der Waals surface area contributed by atoms with Gasteiger partial charge in [-0.3, -0.25) is 9.88 Å².